The molecule has 1 aliphatic rings. The molecule has 126 valence electrons. The van der Waals surface area contributed by atoms with Gasteiger partial charge in [-0.05, 0) is 24.6 Å². The molecule has 6 nitrogen and oxygen atoms in total. The van der Waals surface area contributed by atoms with Gasteiger partial charge in [0.05, 0.1) is 25.1 Å². The van der Waals surface area contributed by atoms with Gasteiger partial charge in [0.2, 0.25) is 5.91 Å². The summed E-state index contributed by atoms with van der Waals surface area (Å²) in [5, 5.41) is 2.56. The van der Waals surface area contributed by atoms with Crippen LogP contribution in [0.15, 0.2) is 24.7 Å². The molecule has 0 spiro atoms. The molecule has 0 aliphatic carbocycles. The van der Waals surface area contributed by atoms with E-state index in [4.69, 9.17) is 0 Å². The molecule has 24 heavy (non-hydrogen) atoms. The van der Waals surface area contributed by atoms with Gasteiger partial charge in [-0.3, -0.25) is 9.59 Å². The van der Waals surface area contributed by atoms with Crippen LogP contribution in [0.4, 0.5) is 8.78 Å². The molecule has 3 rings (SSSR count). The summed E-state index contributed by atoms with van der Waals surface area (Å²) in [7, 11) is 1.51. The predicted octanol–water partition coefficient (Wildman–Crippen LogP) is 1.41. The Kier molecular flexibility index (Phi) is 4.04. The van der Waals surface area contributed by atoms with Crippen molar-refractivity contribution >= 4 is 11.8 Å². The van der Waals surface area contributed by atoms with E-state index in [-0.39, 0.29) is 24.6 Å². The van der Waals surface area contributed by atoms with E-state index >= 15 is 0 Å². The van der Waals surface area contributed by atoms with Crippen LogP contribution in [-0.4, -0.2) is 39.9 Å². The number of nitrogens with one attached hydrogen (secondary N) is 1. The Bertz CT molecular complexity index is 818. The molecule has 2 aromatic rings. The van der Waals surface area contributed by atoms with E-state index in [2.05, 4.69) is 10.3 Å². The monoisotopic (exact) mass is 334 g/mol. The minimum atomic E-state index is -1.08. The number of amides is 2. The van der Waals surface area contributed by atoms with Gasteiger partial charge in [0.25, 0.3) is 5.91 Å². The lowest BCUT2D eigenvalue weighted by Gasteiger charge is -2.33. The molecule has 0 fully saturated rings. The zero-order valence-corrected chi connectivity index (χ0v) is 13.2. The van der Waals surface area contributed by atoms with Crippen LogP contribution < -0.4 is 5.32 Å². The van der Waals surface area contributed by atoms with E-state index in [9.17, 15) is 18.4 Å². The smallest absolute Gasteiger partial charge is 0.254 e. The Morgan fingerprint density at radius 1 is 1.29 bits per heavy atom. The number of rotatable bonds is 2. The fourth-order valence-electron chi connectivity index (χ4n) is 2.87. The number of hydrogen-bond acceptors (Lipinski definition) is 3. The third kappa shape index (κ3) is 2.64. The number of hydrogen-bond donors (Lipinski definition) is 1. The van der Waals surface area contributed by atoms with E-state index in [0.29, 0.717) is 11.3 Å². The zero-order valence-electron chi connectivity index (χ0n) is 13.2. The number of imidazole rings is 1. The summed E-state index contributed by atoms with van der Waals surface area (Å²) in [6, 6.07) is 1.27. The van der Waals surface area contributed by atoms with Crippen LogP contribution in [0.5, 0.6) is 0 Å². The molecule has 0 radical (unpaired) electrons. The molecule has 1 unspecified atom stereocenters. The quantitative estimate of drug-likeness (QED) is 0.903. The Balaban J connectivity index is 1.95. The summed E-state index contributed by atoms with van der Waals surface area (Å²) in [5.41, 5.74) is 1.12. The molecule has 1 aliphatic heterocycles. The molecular weight excluding hydrogens is 318 g/mol. The van der Waals surface area contributed by atoms with Crippen molar-refractivity contribution in [3.05, 3.63) is 53.1 Å². The van der Waals surface area contributed by atoms with Gasteiger partial charge in [-0.15, -0.1) is 0 Å². The Labute approximate surface area is 137 Å². The number of likely N-dealkylation sites (N-methyl/N-ethyl adjacent to an activating group) is 1. The lowest BCUT2D eigenvalue weighted by molar-refractivity contribution is -0.124. The van der Waals surface area contributed by atoms with Crippen molar-refractivity contribution in [3.63, 3.8) is 0 Å². The molecule has 1 N–H and O–H groups in total. The van der Waals surface area contributed by atoms with Crippen LogP contribution in [0.1, 0.15) is 27.7 Å². The molecule has 0 bridgehead atoms. The van der Waals surface area contributed by atoms with Gasteiger partial charge in [0, 0.05) is 18.8 Å². The Morgan fingerprint density at radius 3 is 2.71 bits per heavy atom. The van der Waals surface area contributed by atoms with Crippen molar-refractivity contribution in [2.75, 3.05) is 13.6 Å². The van der Waals surface area contributed by atoms with Gasteiger partial charge in [0.15, 0.2) is 11.6 Å². The second-order valence-electron chi connectivity index (χ2n) is 5.69. The summed E-state index contributed by atoms with van der Waals surface area (Å²) in [6.45, 7) is 1.91. The van der Waals surface area contributed by atoms with Crippen LogP contribution in [-0.2, 0) is 11.3 Å². The molecule has 0 saturated carbocycles. The maximum Gasteiger partial charge on any atom is 0.254 e. The number of carbonyl (C=O) groups excluding carboxylic acids is 2. The van der Waals surface area contributed by atoms with Gasteiger partial charge < -0.3 is 14.8 Å². The maximum absolute atomic E-state index is 13.5. The number of aryl methyl sites for hydroxylation is 1. The van der Waals surface area contributed by atoms with Crippen molar-refractivity contribution < 1.29 is 18.4 Å². The molecule has 0 saturated heterocycles. The van der Waals surface area contributed by atoms with Crippen molar-refractivity contribution in [1.29, 1.82) is 0 Å². The fourth-order valence-corrected chi connectivity index (χ4v) is 2.87. The van der Waals surface area contributed by atoms with Crippen molar-refractivity contribution in [1.82, 2.24) is 19.8 Å². The molecule has 1 aromatic carbocycles. The van der Waals surface area contributed by atoms with Crippen molar-refractivity contribution in [3.8, 4) is 0 Å². The standard InChI is InChI=1S/C16H16F2N4O2/c1-9-3-12(17)13(18)4-11(9)16(24)21-6-10-5-20-8-22(10)14(7-21)15(23)19-2/h3-5,8,14H,6-7H2,1-2H3,(H,19,23). The number of nitrogens with zero attached hydrogens (tertiary/aromatic N) is 3. The highest BCUT2D eigenvalue weighted by Gasteiger charge is 2.33. The first-order chi connectivity index (χ1) is 11.4. The highest BCUT2D eigenvalue weighted by atomic mass is 19.2. The van der Waals surface area contributed by atoms with Crippen LogP contribution in [0, 0.1) is 18.6 Å². The van der Waals surface area contributed by atoms with E-state index in [1.165, 1.54) is 11.9 Å². The van der Waals surface area contributed by atoms with E-state index in [0.717, 1.165) is 12.1 Å². The molecule has 1 aromatic heterocycles. The molecule has 2 heterocycles. The second-order valence-corrected chi connectivity index (χ2v) is 5.69. The molecule has 1 atom stereocenters. The summed E-state index contributed by atoms with van der Waals surface area (Å²) in [4.78, 5) is 30.3. The Morgan fingerprint density at radius 2 is 2.00 bits per heavy atom. The maximum atomic E-state index is 13.5. The number of carbonyl (C=O) groups is 2. The average Bonchev–Trinajstić information content (AvgIpc) is 3.04. The van der Waals surface area contributed by atoms with Crippen molar-refractivity contribution in [2.45, 2.75) is 19.5 Å². The lowest BCUT2D eigenvalue weighted by atomic mass is 10.1. The lowest BCUT2D eigenvalue weighted by Crippen LogP contribution is -2.46. The van der Waals surface area contributed by atoms with E-state index < -0.39 is 23.6 Å². The predicted molar refractivity (Wildman–Crippen MR) is 81.2 cm³/mol. The summed E-state index contributed by atoms with van der Waals surface area (Å²) >= 11 is 0. The minimum Gasteiger partial charge on any atom is -0.357 e. The third-order valence-electron chi connectivity index (χ3n) is 4.16. The van der Waals surface area contributed by atoms with Gasteiger partial charge >= 0.3 is 0 Å². The topological polar surface area (TPSA) is 67.2 Å². The molecule has 2 amide bonds. The number of fused-ring (bicyclic) bond motifs is 1. The van der Waals surface area contributed by atoms with Crippen LogP contribution in [0.25, 0.3) is 0 Å². The zero-order chi connectivity index (χ0) is 17.4. The van der Waals surface area contributed by atoms with Crippen molar-refractivity contribution in [2.24, 2.45) is 0 Å². The highest BCUT2D eigenvalue weighted by Crippen LogP contribution is 2.24. The number of benzene rings is 1. The second kappa shape index (κ2) is 6.03. The first-order valence-electron chi connectivity index (χ1n) is 7.39. The summed E-state index contributed by atoms with van der Waals surface area (Å²) < 4.78 is 28.5. The Hall–Kier alpha value is -2.77. The molecule has 8 heteroatoms. The van der Waals surface area contributed by atoms with Crippen LogP contribution in [0.3, 0.4) is 0 Å². The van der Waals surface area contributed by atoms with Crippen LogP contribution >= 0.6 is 0 Å². The normalized spacial score (nSPS) is 16.7. The van der Waals surface area contributed by atoms with Gasteiger partial charge in [-0.25, -0.2) is 13.8 Å². The minimum absolute atomic E-state index is 0.0810. The van der Waals surface area contributed by atoms with Crippen LogP contribution in [0.2, 0.25) is 0 Å². The molecular formula is C16H16F2N4O2. The average molecular weight is 334 g/mol. The number of aromatic nitrogens is 2. The highest BCUT2D eigenvalue weighted by molar-refractivity contribution is 5.96. The largest absolute Gasteiger partial charge is 0.357 e. The van der Waals surface area contributed by atoms with Gasteiger partial charge in [-0.2, -0.15) is 0 Å². The number of halogens is 2. The first kappa shape index (κ1) is 16.1. The SMILES string of the molecule is CNC(=O)C1CN(C(=O)c2cc(F)c(F)cc2C)Cc2cncn21. The summed E-state index contributed by atoms with van der Waals surface area (Å²) in [6.07, 6.45) is 3.12. The third-order valence-corrected chi connectivity index (χ3v) is 4.16. The van der Waals surface area contributed by atoms with Gasteiger partial charge in [-0.1, -0.05) is 0 Å². The van der Waals surface area contributed by atoms with Gasteiger partial charge in [0.1, 0.15) is 6.04 Å². The fraction of sp³-hybridized carbons (Fsp3) is 0.312. The van der Waals surface area contributed by atoms with E-state index in [1.54, 1.807) is 24.0 Å². The van der Waals surface area contributed by atoms with E-state index in [1.807, 2.05) is 0 Å². The summed E-state index contributed by atoms with van der Waals surface area (Å²) in [5.74, 6) is -2.78. The first-order valence-corrected chi connectivity index (χ1v) is 7.39.